The second-order valence-corrected chi connectivity index (χ2v) is 4.56. The molecule has 0 unspecified atom stereocenters. The lowest BCUT2D eigenvalue weighted by Gasteiger charge is -2.18. The summed E-state index contributed by atoms with van der Waals surface area (Å²) in [6.07, 6.45) is 0. The van der Waals surface area contributed by atoms with Gasteiger partial charge in [-0.2, -0.15) is 0 Å². The second-order valence-electron chi connectivity index (χ2n) is 4.56. The standard InChI is InChI=1S/C15H17FN2O2/c1-3-18(4-2)9-10-8-12(15(19)20)11-6-5-7-13(16)14(11)17-10/h5-8H,3-4,9H2,1-2H3,(H,19,20). The van der Waals surface area contributed by atoms with E-state index < -0.39 is 11.8 Å². The molecular formula is C15H17FN2O2. The van der Waals surface area contributed by atoms with Gasteiger partial charge in [0, 0.05) is 11.9 Å². The summed E-state index contributed by atoms with van der Waals surface area (Å²) in [7, 11) is 0. The molecule has 1 N–H and O–H groups in total. The van der Waals surface area contributed by atoms with Crippen molar-refractivity contribution in [3.63, 3.8) is 0 Å². The maximum absolute atomic E-state index is 13.8. The Kier molecular flexibility index (Phi) is 4.29. The van der Waals surface area contributed by atoms with Gasteiger partial charge in [-0.1, -0.05) is 26.0 Å². The number of carbonyl (C=O) groups is 1. The number of aromatic nitrogens is 1. The fourth-order valence-electron chi connectivity index (χ4n) is 2.20. The number of aromatic carboxylic acids is 1. The minimum absolute atomic E-state index is 0.0941. The number of pyridine rings is 1. The summed E-state index contributed by atoms with van der Waals surface area (Å²) in [5.74, 6) is -1.56. The molecule has 0 saturated carbocycles. The average Bonchev–Trinajstić information content (AvgIpc) is 2.44. The first-order chi connectivity index (χ1) is 9.56. The van der Waals surface area contributed by atoms with Gasteiger partial charge in [-0.05, 0) is 25.2 Å². The lowest BCUT2D eigenvalue weighted by Crippen LogP contribution is -2.23. The number of carboxylic acid groups (broad SMARTS) is 1. The summed E-state index contributed by atoms with van der Waals surface area (Å²) < 4.78 is 13.8. The van der Waals surface area contributed by atoms with Gasteiger partial charge >= 0.3 is 5.97 Å². The molecule has 20 heavy (non-hydrogen) atoms. The number of rotatable bonds is 5. The molecule has 0 bridgehead atoms. The van der Waals surface area contributed by atoms with Gasteiger partial charge in [-0.25, -0.2) is 14.2 Å². The van der Waals surface area contributed by atoms with E-state index in [0.717, 1.165) is 13.1 Å². The molecule has 0 saturated heterocycles. The first-order valence-electron chi connectivity index (χ1n) is 6.60. The first kappa shape index (κ1) is 14.4. The van der Waals surface area contributed by atoms with Crippen LogP contribution in [0, 0.1) is 5.82 Å². The number of carboxylic acids is 1. The number of para-hydroxylation sites is 1. The number of nitrogens with zero attached hydrogens (tertiary/aromatic N) is 2. The number of hydrogen-bond donors (Lipinski definition) is 1. The fourth-order valence-corrected chi connectivity index (χ4v) is 2.20. The normalized spacial score (nSPS) is 11.2. The predicted octanol–water partition coefficient (Wildman–Crippen LogP) is 2.91. The Bertz CT molecular complexity index is 639. The van der Waals surface area contributed by atoms with Crippen LogP contribution in [-0.4, -0.2) is 34.0 Å². The van der Waals surface area contributed by atoms with Crippen LogP contribution < -0.4 is 0 Å². The van der Waals surface area contributed by atoms with Crippen molar-refractivity contribution in [2.24, 2.45) is 0 Å². The predicted molar refractivity (Wildman–Crippen MR) is 75.3 cm³/mol. The van der Waals surface area contributed by atoms with Gasteiger partial charge in [0.1, 0.15) is 11.3 Å². The van der Waals surface area contributed by atoms with E-state index in [9.17, 15) is 14.3 Å². The molecule has 0 aliphatic rings. The van der Waals surface area contributed by atoms with Crippen molar-refractivity contribution < 1.29 is 14.3 Å². The highest BCUT2D eigenvalue weighted by Crippen LogP contribution is 2.21. The summed E-state index contributed by atoms with van der Waals surface area (Å²) in [6.45, 7) is 6.20. The van der Waals surface area contributed by atoms with Crippen LogP contribution in [0.3, 0.4) is 0 Å². The first-order valence-corrected chi connectivity index (χ1v) is 6.60. The molecule has 1 aromatic carbocycles. The second kappa shape index (κ2) is 5.96. The van der Waals surface area contributed by atoms with Gasteiger partial charge in [0.15, 0.2) is 0 Å². The van der Waals surface area contributed by atoms with Crippen LogP contribution in [0.2, 0.25) is 0 Å². The molecule has 1 heterocycles. The SMILES string of the molecule is CCN(CC)Cc1cc(C(=O)O)c2cccc(F)c2n1. The van der Waals surface area contributed by atoms with E-state index in [1.54, 1.807) is 6.07 Å². The monoisotopic (exact) mass is 276 g/mol. The van der Waals surface area contributed by atoms with Gasteiger partial charge in [-0.3, -0.25) is 4.90 Å². The van der Waals surface area contributed by atoms with Crippen LogP contribution in [0.5, 0.6) is 0 Å². The van der Waals surface area contributed by atoms with Crippen molar-refractivity contribution in [2.75, 3.05) is 13.1 Å². The van der Waals surface area contributed by atoms with Crippen LogP contribution in [-0.2, 0) is 6.54 Å². The molecule has 106 valence electrons. The molecule has 0 radical (unpaired) electrons. The minimum Gasteiger partial charge on any atom is -0.478 e. The third-order valence-electron chi connectivity index (χ3n) is 3.35. The number of benzene rings is 1. The molecule has 5 heteroatoms. The van der Waals surface area contributed by atoms with Crippen LogP contribution in [0.4, 0.5) is 4.39 Å². The number of halogens is 1. The molecule has 0 aliphatic carbocycles. The lowest BCUT2D eigenvalue weighted by atomic mass is 10.1. The van der Waals surface area contributed by atoms with Crippen molar-refractivity contribution in [2.45, 2.75) is 20.4 Å². The number of hydrogen-bond acceptors (Lipinski definition) is 3. The number of fused-ring (bicyclic) bond motifs is 1. The Hall–Kier alpha value is -2.01. The smallest absolute Gasteiger partial charge is 0.336 e. The summed E-state index contributed by atoms with van der Waals surface area (Å²) >= 11 is 0. The van der Waals surface area contributed by atoms with Gasteiger partial charge in [0.25, 0.3) is 0 Å². The molecule has 2 rings (SSSR count). The van der Waals surface area contributed by atoms with Crippen molar-refractivity contribution in [1.82, 2.24) is 9.88 Å². The molecule has 2 aromatic rings. The zero-order chi connectivity index (χ0) is 14.7. The molecule has 4 nitrogen and oxygen atoms in total. The van der Waals surface area contributed by atoms with Gasteiger partial charge < -0.3 is 5.11 Å². The zero-order valence-corrected chi connectivity index (χ0v) is 11.6. The van der Waals surface area contributed by atoms with Crippen LogP contribution in [0.15, 0.2) is 24.3 Å². The van der Waals surface area contributed by atoms with E-state index in [1.165, 1.54) is 18.2 Å². The van der Waals surface area contributed by atoms with E-state index >= 15 is 0 Å². The minimum atomic E-state index is -1.07. The Morgan fingerprint density at radius 2 is 2.05 bits per heavy atom. The maximum atomic E-state index is 13.8. The van der Waals surface area contributed by atoms with Gasteiger partial charge in [0.2, 0.25) is 0 Å². The third kappa shape index (κ3) is 2.77. The van der Waals surface area contributed by atoms with Crippen LogP contribution in [0.25, 0.3) is 10.9 Å². The van der Waals surface area contributed by atoms with Crippen molar-refractivity contribution >= 4 is 16.9 Å². The quantitative estimate of drug-likeness (QED) is 0.912. The molecule has 0 fully saturated rings. The van der Waals surface area contributed by atoms with Gasteiger partial charge in [0.05, 0.1) is 11.3 Å². The van der Waals surface area contributed by atoms with Crippen molar-refractivity contribution in [1.29, 1.82) is 0 Å². The summed E-state index contributed by atoms with van der Waals surface area (Å²) in [5.41, 5.74) is 0.787. The third-order valence-corrected chi connectivity index (χ3v) is 3.35. The van der Waals surface area contributed by atoms with Crippen LogP contribution >= 0.6 is 0 Å². The average molecular weight is 276 g/mol. The van der Waals surface area contributed by atoms with Crippen LogP contribution in [0.1, 0.15) is 29.9 Å². The summed E-state index contributed by atoms with van der Waals surface area (Å²) in [6, 6.07) is 5.90. The molecule has 1 aromatic heterocycles. The van der Waals surface area contributed by atoms with Crippen molar-refractivity contribution in [3.05, 3.63) is 41.3 Å². The Morgan fingerprint density at radius 3 is 2.65 bits per heavy atom. The van der Waals surface area contributed by atoms with E-state index in [1.807, 2.05) is 13.8 Å². The van der Waals surface area contributed by atoms with E-state index in [-0.39, 0.29) is 11.1 Å². The van der Waals surface area contributed by atoms with Gasteiger partial charge in [-0.15, -0.1) is 0 Å². The Morgan fingerprint density at radius 1 is 1.35 bits per heavy atom. The molecule has 0 aliphatic heterocycles. The molecular weight excluding hydrogens is 259 g/mol. The van der Waals surface area contributed by atoms with E-state index in [0.29, 0.717) is 17.6 Å². The van der Waals surface area contributed by atoms with E-state index in [4.69, 9.17) is 0 Å². The van der Waals surface area contributed by atoms with E-state index in [2.05, 4.69) is 9.88 Å². The Balaban J connectivity index is 2.57. The summed E-state index contributed by atoms with van der Waals surface area (Å²) in [4.78, 5) is 17.7. The van der Waals surface area contributed by atoms with Crippen molar-refractivity contribution in [3.8, 4) is 0 Å². The summed E-state index contributed by atoms with van der Waals surface area (Å²) in [5, 5.41) is 9.62. The lowest BCUT2D eigenvalue weighted by molar-refractivity contribution is 0.0698. The highest BCUT2D eigenvalue weighted by molar-refractivity contribution is 6.02. The molecule has 0 amide bonds. The highest BCUT2D eigenvalue weighted by Gasteiger charge is 2.15. The largest absolute Gasteiger partial charge is 0.478 e. The Labute approximate surface area is 116 Å². The topological polar surface area (TPSA) is 53.4 Å². The maximum Gasteiger partial charge on any atom is 0.336 e. The molecule has 0 spiro atoms. The fraction of sp³-hybridized carbons (Fsp3) is 0.333. The highest BCUT2D eigenvalue weighted by atomic mass is 19.1. The zero-order valence-electron chi connectivity index (χ0n) is 11.6. The molecule has 0 atom stereocenters.